The molecule has 1 aromatic rings. The molecule has 326 valence electrons. The number of ketones is 2. The van der Waals surface area contributed by atoms with Crippen LogP contribution >= 0.6 is 0 Å². The number of anilines is 1. The molecule has 6 N–H and O–H groups in total. The van der Waals surface area contributed by atoms with Crippen LogP contribution in [0, 0.1) is 28.6 Å². The molecule has 13 nitrogen and oxygen atoms in total. The number of nitrogens with two attached hydrogens (primary N) is 1. The third kappa shape index (κ3) is 8.04. The lowest BCUT2D eigenvalue weighted by molar-refractivity contribution is -0.234. The number of benzene rings is 1. The Morgan fingerprint density at radius 1 is 1.05 bits per heavy atom. The molecule has 0 spiro atoms. The molecule has 5 aliphatic rings. The minimum absolute atomic E-state index is 0.0348. The summed E-state index contributed by atoms with van der Waals surface area (Å²) in [6.07, 6.45) is -4.89. The van der Waals surface area contributed by atoms with Crippen LogP contribution in [-0.2, 0) is 33.4 Å². The van der Waals surface area contributed by atoms with Gasteiger partial charge in [0.25, 0.3) is 0 Å². The first-order valence-electron chi connectivity index (χ1n) is 19.6. The number of carboxylic acid groups (broad SMARTS) is 1. The van der Waals surface area contributed by atoms with Gasteiger partial charge in [0.1, 0.15) is 24.6 Å². The van der Waals surface area contributed by atoms with E-state index in [1.54, 1.807) is 38.1 Å². The number of Topliss-reactive ketones (excluding diaryl/α,β-unsaturated/α-hetero) is 1. The highest BCUT2D eigenvalue weighted by Gasteiger charge is 2.80. The van der Waals surface area contributed by atoms with Crippen molar-refractivity contribution in [2.45, 2.75) is 128 Å². The summed E-state index contributed by atoms with van der Waals surface area (Å²) in [4.78, 5) is 60.6. The number of carbonyl (C=O) groups is 5. The van der Waals surface area contributed by atoms with Crippen molar-refractivity contribution in [2.24, 2.45) is 34.3 Å². The van der Waals surface area contributed by atoms with E-state index < -0.39 is 113 Å². The van der Waals surface area contributed by atoms with Gasteiger partial charge in [-0.25, -0.2) is 13.6 Å². The predicted molar refractivity (Wildman–Crippen MR) is 201 cm³/mol. The van der Waals surface area contributed by atoms with Crippen LogP contribution in [0.1, 0.15) is 73.6 Å². The number of amides is 2. The second-order valence-electron chi connectivity index (χ2n) is 16.8. The molecule has 4 aliphatic carbocycles. The monoisotopic (exact) mass is 841 g/mol. The van der Waals surface area contributed by atoms with Crippen LogP contribution in [0.3, 0.4) is 0 Å². The van der Waals surface area contributed by atoms with Crippen molar-refractivity contribution in [1.82, 2.24) is 5.32 Å². The van der Waals surface area contributed by atoms with Gasteiger partial charge in [0, 0.05) is 22.4 Å². The molecule has 18 heteroatoms. The minimum Gasteiger partial charge on any atom is -0.486 e. The van der Waals surface area contributed by atoms with E-state index >= 15 is 8.78 Å². The summed E-state index contributed by atoms with van der Waals surface area (Å²) in [6, 6.07) is 4.78. The van der Waals surface area contributed by atoms with Crippen LogP contribution in [0.4, 0.5) is 27.6 Å². The van der Waals surface area contributed by atoms with Gasteiger partial charge in [-0.3, -0.25) is 19.2 Å². The van der Waals surface area contributed by atoms with Crippen LogP contribution in [0.15, 0.2) is 48.1 Å². The third-order valence-corrected chi connectivity index (χ3v) is 12.9. The van der Waals surface area contributed by atoms with Crippen molar-refractivity contribution in [3.63, 3.8) is 0 Å². The molecule has 4 fully saturated rings. The number of aliphatic hydroxyl groups is 1. The van der Waals surface area contributed by atoms with E-state index in [2.05, 4.69) is 10.6 Å². The normalized spacial score (nSPS) is 35.4. The number of carboxylic acids is 1. The second-order valence-corrected chi connectivity index (χ2v) is 16.8. The highest BCUT2D eigenvalue weighted by atomic mass is 19.4. The quantitative estimate of drug-likeness (QED) is 0.190. The standard InChI is InChI=1S/C39H51F2N3O8.C2HF3O2/c1-7-8-32-51-31-17-25-26-16-28(40)27-15-23(45)13-14-36(27,5)38(26,41)29(46)18-37(25,6)39(31,52-32)30(47)19-50-24-11-9-22(10-12-24)44-34(48)21(4)43-35(49)33(42)20(2)3;3-2(4,5)1(6)7/h9-15,20-21,25-26,28-29,31-33,46H,7-8,16-19,42H2,1-6H3,(H,43,49)(H,44,48);(H,6,7)/t21-,25-,26-,28-,29-,31+,32?,33-,36-,37-,38-,39+;/m0./s1. The fourth-order valence-corrected chi connectivity index (χ4v) is 9.70. The maximum atomic E-state index is 17.7. The maximum absolute atomic E-state index is 17.7. The molecule has 1 saturated heterocycles. The molecular weight excluding hydrogens is 789 g/mol. The van der Waals surface area contributed by atoms with Crippen LogP contribution in [0.25, 0.3) is 0 Å². The fourth-order valence-electron chi connectivity index (χ4n) is 9.70. The number of allylic oxidation sites excluding steroid dienone is 4. The molecule has 3 saturated carbocycles. The molecule has 59 heavy (non-hydrogen) atoms. The summed E-state index contributed by atoms with van der Waals surface area (Å²) in [6.45, 7) is 10.1. The molecule has 0 aromatic heterocycles. The van der Waals surface area contributed by atoms with E-state index in [-0.39, 0.29) is 30.8 Å². The summed E-state index contributed by atoms with van der Waals surface area (Å²) in [5, 5.41) is 24.3. The van der Waals surface area contributed by atoms with Crippen molar-refractivity contribution < 1.29 is 70.3 Å². The average Bonchev–Trinajstić information content (AvgIpc) is 3.64. The summed E-state index contributed by atoms with van der Waals surface area (Å²) < 4.78 is 84.3. The molecule has 0 radical (unpaired) electrons. The maximum Gasteiger partial charge on any atom is 0.490 e. The van der Waals surface area contributed by atoms with E-state index in [4.69, 9.17) is 29.8 Å². The zero-order valence-corrected chi connectivity index (χ0v) is 33.6. The Hall–Kier alpha value is -4.26. The molecule has 1 unspecified atom stereocenters. The Labute approximate surface area is 338 Å². The van der Waals surface area contributed by atoms with Gasteiger partial charge >= 0.3 is 12.1 Å². The Bertz CT molecular complexity index is 1880. The number of fused-ring (bicyclic) bond motifs is 7. The first-order chi connectivity index (χ1) is 27.4. The van der Waals surface area contributed by atoms with Gasteiger partial charge in [-0.05, 0) is 93.4 Å². The summed E-state index contributed by atoms with van der Waals surface area (Å²) in [7, 11) is 0. The molecule has 1 aromatic carbocycles. The van der Waals surface area contributed by atoms with Crippen molar-refractivity contribution in [3.05, 3.63) is 48.1 Å². The van der Waals surface area contributed by atoms with Crippen LogP contribution < -0.4 is 21.1 Å². The Morgan fingerprint density at radius 2 is 1.68 bits per heavy atom. The molecule has 0 bridgehead atoms. The van der Waals surface area contributed by atoms with E-state index in [0.717, 1.165) is 12.5 Å². The van der Waals surface area contributed by atoms with E-state index in [1.807, 2.05) is 27.7 Å². The molecule has 12 atom stereocenters. The van der Waals surface area contributed by atoms with Gasteiger partial charge < -0.3 is 40.8 Å². The fraction of sp³-hybridized carbons (Fsp3) is 0.634. The topological polar surface area (TPSA) is 204 Å². The third-order valence-electron chi connectivity index (χ3n) is 12.9. The SMILES string of the molecule is CCCC1O[C@@H]2C[C@H]3[C@@H]4C[C@H](F)C5=CC(=O)C=C[C@]5(C)[C@@]4(F)[C@@H](O)C[C@]3(C)[C@]2(C(=O)COc2ccc(NC(=O)[C@H](C)NC(=O)[C@@H](N)C(C)C)cc2)O1.O=C(O)C(F)(F)F. The number of hydrogen-bond acceptors (Lipinski definition) is 10. The molecule has 1 heterocycles. The average molecular weight is 842 g/mol. The smallest absolute Gasteiger partial charge is 0.486 e. The highest BCUT2D eigenvalue weighted by molar-refractivity contribution is 6.01. The lowest BCUT2D eigenvalue weighted by atomic mass is 9.44. The number of hydrogen-bond donors (Lipinski definition) is 5. The number of alkyl halides is 5. The first-order valence-corrected chi connectivity index (χ1v) is 19.6. The lowest BCUT2D eigenvalue weighted by Gasteiger charge is -2.63. The predicted octanol–water partition coefficient (Wildman–Crippen LogP) is 4.90. The number of halogens is 5. The van der Waals surface area contributed by atoms with Crippen LogP contribution in [0.2, 0.25) is 0 Å². The van der Waals surface area contributed by atoms with E-state index in [9.17, 15) is 37.5 Å². The number of aliphatic hydroxyl groups excluding tert-OH is 1. The molecule has 1 aliphatic heterocycles. The number of nitrogens with one attached hydrogen (secondary N) is 2. The summed E-state index contributed by atoms with van der Waals surface area (Å²) in [5.41, 5.74) is -0.222. The van der Waals surface area contributed by atoms with Crippen LogP contribution in [0.5, 0.6) is 5.75 Å². The Morgan fingerprint density at radius 3 is 2.25 bits per heavy atom. The summed E-state index contributed by atoms with van der Waals surface area (Å²) >= 11 is 0. The second kappa shape index (κ2) is 16.7. The van der Waals surface area contributed by atoms with Gasteiger partial charge in [-0.15, -0.1) is 0 Å². The number of aliphatic carboxylic acids is 1. The zero-order valence-electron chi connectivity index (χ0n) is 33.6. The van der Waals surface area contributed by atoms with Gasteiger partial charge in [-0.1, -0.05) is 40.2 Å². The molecular formula is C41H52F5N3O10. The number of rotatable bonds is 11. The van der Waals surface area contributed by atoms with Crippen molar-refractivity contribution in [2.75, 3.05) is 11.9 Å². The minimum atomic E-state index is -5.08. The summed E-state index contributed by atoms with van der Waals surface area (Å²) in [5.74, 6) is -5.81. The van der Waals surface area contributed by atoms with E-state index in [1.165, 1.54) is 12.2 Å². The van der Waals surface area contributed by atoms with Crippen LogP contribution in [-0.4, -0.2) is 100 Å². The Balaban J connectivity index is 0.000000867. The van der Waals surface area contributed by atoms with Crippen molar-refractivity contribution >= 4 is 35.0 Å². The Kier molecular flexibility index (Phi) is 12.9. The largest absolute Gasteiger partial charge is 0.490 e. The zero-order chi connectivity index (χ0) is 44.0. The lowest BCUT2D eigenvalue weighted by Crippen LogP contribution is -2.71. The van der Waals surface area contributed by atoms with Gasteiger partial charge in [0.15, 0.2) is 23.3 Å². The number of carbonyl (C=O) groups excluding carboxylic acids is 4. The van der Waals surface area contributed by atoms with Gasteiger partial charge in [0.2, 0.25) is 17.6 Å². The van der Waals surface area contributed by atoms with Gasteiger partial charge in [-0.2, -0.15) is 13.2 Å². The first kappa shape index (κ1) is 45.8. The van der Waals surface area contributed by atoms with E-state index in [0.29, 0.717) is 17.9 Å². The van der Waals surface area contributed by atoms with Crippen molar-refractivity contribution in [1.29, 1.82) is 0 Å². The van der Waals surface area contributed by atoms with Gasteiger partial charge in [0.05, 0.1) is 18.2 Å². The molecule has 6 rings (SSSR count). The highest BCUT2D eigenvalue weighted by Crippen LogP contribution is 2.72. The van der Waals surface area contributed by atoms with Crippen molar-refractivity contribution in [3.8, 4) is 5.75 Å². The molecule has 2 amide bonds. The number of ether oxygens (including phenoxy) is 3.